The lowest BCUT2D eigenvalue weighted by atomic mass is 10.1. The van der Waals surface area contributed by atoms with Gasteiger partial charge in [-0.25, -0.2) is 0 Å². The number of halogens is 1. The van der Waals surface area contributed by atoms with Crippen LogP contribution in [0.4, 0.5) is 0 Å². The molecule has 0 saturated heterocycles. The number of hydrogen-bond donors (Lipinski definition) is 2. The predicted molar refractivity (Wildman–Crippen MR) is 124 cm³/mol. The number of rotatable bonds is 9. The standard InChI is InChI=1S/C20H37N5.HI/c1-16(2)25(17(3)4)13-12-22-20(21-5)23-14-18-8-10-19(11-9-18)15-24(6)7;/h8-11,16-17H,12-15H2,1-7H3,(H2,21,22,23);1H. The van der Waals surface area contributed by atoms with Gasteiger partial charge in [0, 0.05) is 45.3 Å². The van der Waals surface area contributed by atoms with Crippen LogP contribution in [0.3, 0.4) is 0 Å². The fourth-order valence-corrected chi connectivity index (χ4v) is 2.95. The van der Waals surface area contributed by atoms with Gasteiger partial charge in [0.25, 0.3) is 0 Å². The minimum absolute atomic E-state index is 0. The lowest BCUT2D eigenvalue weighted by Gasteiger charge is -2.30. The third kappa shape index (κ3) is 9.73. The molecule has 0 saturated carbocycles. The van der Waals surface area contributed by atoms with E-state index in [0.717, 1.165) is 32.1 Å². The number of guanidine groups is 1. The van der Waals surface area contributed by atoms with Crippen LogP contribution < -0.4 is 10.6 Å². The number of benzene rings is 1. The lowest BCUT2D eigenvalue weighted by Crippen LogP contribution is -2.45. The molecule has 0 fully saturated rings. The van der Waals surface area contributed by atoms with Crippen molar-refractivity contribution >= 4 is 29.9 Å². The van der Waals surface area contributed by atoms with Crippen molar-refractivity contribution in [2.45, 2.75) is 52.9 Å². The van der Waals surface area contributed by atoms with E-state index in [1.807, 2.05) is 7.05 Å². The van der Waals surface area contributed by atoms with E-state index in [1.165, 1.54) is 11.1 Å². The Kier molecular flexibility index (Phi) is 12.9. The zero-order chi connectivity index (χ0) is 18.8. The molecule has 0 radical (unpaired) electrons. The van der Waals surface area contributed by atoms with Gasteiger partial charge in [0.05, 0.1) is 0 Å². The van der Waals surface area contributed by atoms with Crippen molar-refractivity contribution in [3.8, 4) is 0 Å². The Labute approximate surface area is 177 Å². The quantitative estimate of drug-likeness (QED) is 0.327. The topological polar surface area (TPSA) is 42.9 Å². The summed E-state index contributed by atoms with van der Waals surface area (Å²) in [5, 5.41) is 6.80. The average Bonchev–Trinajstić information content (AvgIpc) is 2.54. The molecule has 0 bridgehead atoms. The van der Waals surface area contributed by atoms with Gasteiger partial charge in [-0.05, 0) is 52.9 Å². The Morgan fingerprint density at radius 1 is 0.962 bits per heavy atom. The summed E-state index contributed by atoms with van der Waals surface area (Å²) in [7, 11) is 5.99. The van der Waals surface area contributed by atoms with Crippen LogP contribution in [-0.2, 0) is 13.1 Å². The number of aliphatic imine (C=N–C) groups is 1. The molecule has 2 N–H and O–H groups in total. The van der Waals surface area contributed by atoms with Crippen LogP contribution in [-0.4, -0.2) is 62.1 Å². The molecule has 1 aromatic carbocycles. The maximum Gasteiger partial charge on any atom is 0.191 e. The van der Waals surface area contributed by atoms with E-state index in [9.17, 15) is 0 Å². The Bertz CT molecular complexity index is 503. The first kappa shape index (κ1) is 25.1. The van der Waals surface area contributed by atoms with Gasteiger partial charge in [-0.15, -0.1) is 24.0 Å². The Morgan fingerprint density at radius 3 is 1.96 bits per heavy atom. The van der Waals surface area contributed by atoms with Gasteiger partial charge in [-0.3, -0.25) is 9.89 Å². The summed E-state index contributed by atoms with van der Waals surface area (Å²) < 4.78 is 0. The molecule has 0 spiro atoms. The first-order valence-corrected chi connectivity index (χ1v) is 9.26. The summed E-state index contributed by atoms with van der Waals surface area (Å²) in [5.74, 6) is 0.852. The fourth-order valence-electron chi connectivity index (χ4n) is 2.95. The minimum Gasteiger partial charge on any atom is -0.355 e. The SMILES string of the molecule is CN=C(NCCN(C(C)C)C(C)C)NCc1ccc(CN(C)C)cc1.I. The van der Waals surface area contributed by atoms with Crippen molar-refractivity contribution in [2.75, 3.05) is 34.2 Å². The molecule has 150 valence electrons. The van der Waals surface area contributed by atoms with Gasteiger partial charge in [0.1, 0.15) is 0 Å². The van der Waals surface area contributed by atoms with Crippen LogP contribution >= 0.6 is 24.0 Å². The molecular formula is C20H38IN5. The molecule has 0 aromatic heterocycles. The maximum absolute atomic E-state index is 4.32. The highest BCUT2D eigenvalue weighted by Crippen LogP contribution is 2.06. The first-order valence-electron chi connectivity index (χ1n) is 9.26. The van der Waals surface area contributed by atoms with E-state index in [1.54, 1.807) is 0 Å². The first-order chi connectivity index (χ1) is 11.8. The lowest BCUT2D eigenvalue weighted by molar-refractivity contribution is 0.178. The van der Waals surface area contributed by atoms with Crippen LogP contribution in [0.5, 0.6) is 0 Å². The second-order valence-corrected chi connectivity index (χ2v) is 7.33. The zero-order valence-corrected chi connectivity index (χ0v) is 19.9. The van der Waals surface area contributed by atoms with Crippen molar-refractivity contribution in [3.05, 3.63) is 35.4 Å². The predicted octanol–water partition coefficient (Wildman–Crippen LogP) is 3.15. The molecule has 0 amide bonds. The van der Waals surface area contributed by atoms with Crippen LogP contribution in [0, 0.1) is 0 Å². The molecule has 0 heterocycles. The molecule has 1 aromatic rings. The molecule has 0 aliphatic heterocycles. The number of hydrogen-bond acceptors (Lipinski definition) is 3. The molecule has 6 heteroatoms. The van der Waals surface area contributed by atoms with Gasteiger partial charge in [-0.1, -0.05) is 24.3 Å². The third-order valence-corrected chi connectivity index (χ3v) is 4.19. The van der Waals surface area contributed by atoms with Gasteiger partial charge in [-0.2, -0.15) is 0 Å². The normalized spacial score (nSPS) is 12.0. The summed E-state index contributed by atoms with van der Waals surface area (Å²) in [4.78, 5) is 8.97. The van der Waals surface area contributed by atoms with E-state index in [0.29, 0.717) is 12.1 Å². The smallest absolute Gasteiger partial charge is 0.191 e. The van der Waals surface area contributed by atoms with Crippen molar-refractivity contribution in [2.24, 2.45) is 4.99 Å². The summed E-state index contributed by atoms with van der Waals surface area (Å²) >= 11 is 0. The average molecular weight is 475 g/mol. The Hall–Kier alpha value is -0.860. The van der Waals surface area contributed by atoms with Crippen molar-refractivity contribution in [1.82, 2.24) is 20.4 Å². The fraction of sp³-hybridized carbons (Fsp3) is 0.650. The van der Waals surface area contributed by atoms with E-state index in [2.05, 4.69) is 91.5 Å². The van der Waals surface area contributed by atoms with Gasteiger partial charge in [0.2, 0.25) is 0 Å². The molecule has 0 aliphatic rings. The third-order valence-electron chi connectivity index (χ3n) is 4.19. The molecule has 0 aliphatic carbocycles. The summed E-state index contributed by atoms with van der Waals surface area (Å²) in [6.07, 6.45) is 0. The number of nitrogens with one attached hydrogen (secondary N) is 2. The maximum atomic E-state index is 4.32. The number of nitrogens with zero attached hydrogens (tertiary/aromatic N) is 3. The van der Waals surface area contributed by atoms with Crippen molar-refractivity contribution in [3.63, 3.8) is 0 Å². The van der Waals surface area contributed by atoms with Crippen LogP contribution in [0.1, 0.15) is 38.8 Å². The minimum atomic E-state index is 0. The molecule has 1 rings (SSSR count). The molecule has 5 nitrogen and oxygen atoms in total. The molecular weight excluding hydrogens is 437 g/mol. The second kappa shape index (κ2) is 13.3. The Balaban J connectivity index is 0.00000625. The molecule has 26 heavy (non-hydrogen) atoms. The van der Waals surface area contributed by atoms with Crippen LogP contribution in [0.2, 0.25) is 0 Å². The summed E-state index contributed by atoms with van der Waals surface area (Å²) in [6, 6.07) is 9.85. The van der Waals surface area contributed by atoms with Crippen molar-refractivity contribution in [1.29, 1.82) is 0 Å². The van der Waals surface area contributed by atoms with Gasteiger partial charge < -0.3 is 15.5 Å². The van der Waals surface area contributed by atoms with E-state index < -0.39 is 0 Å². The van der Waals surface area contributed by atoms with E-state index in [4.69, 9.17) is 0 Å². The zero-order valence-electron chi connectivity index (χ0n) is 17.5. The monoisotopic (exact) mass is 475 g/mol. The highest BCUT2D eigenvalue weighted by molar-refractivity contribution is 14.0. The Morgan fingerprint density at radius 2 is 1.50 bits per heavy atom. The highest BCUT2D eigenvalue weighted by Gasteiger charge is 2.12. The van der Waals surface area contributed by atoms with Crippen LogP contribution in [0.15, 0.2) is 29.3 Å². The summed E-state index contributed by atoms with van der Waals surface area (Å²) in [5.41, 5.74) is 2.59. The highest BCUT2D eigenvalue weighted by atomic mass is 127. The van der Waals surface area contributed by atoms with Crippen molar-refractivity contribution < 1.29 is 0 Å². The second-order valence-electron chi connectivity index (χ2n) is 7.33. The van der Waals surface area contributed by atoms with Crippen LogP contribution in [0.25, 0.3) is 0 Å². The summed E-state index contributed by atoms with van der Waals surface area (Å²) in [6.45, 7) is 12.6. The largest absolute Gasteiger partial charge is 0.355 e. The molecule has 0 atom stereocenters. The van der Waals surface area contributed by atoms with E-state index >= 15 is 0 Å². The molecule has 0 unspecified atom stereocenters. The van der Waals surface area contributed by atoms with E-state index in [-0.39, 0.29) is 24.0 Å². The van der Waals surface area contributed by atoms with Gasteiger partial charge >= 0.3 is 0 Å². The van der Waals surface area contributed by atoms with Gasteiger partial charge in [0.15, 0.2) is 5.96 Å².